The summed E-state index contributed by atoms with van der Waals surface area (Å²) in [6.45, 7) is 8.64. The topological polar surface area (TPSA) is 40.5 Å². The van der Waals surface area contributed by atoms with Gasteiger partial charge >= 0.3 is 6.09 Å². The molecule has 0 saturated heterocycles. The molecule has 3 nitrogen and oxygen atoms in total. The van der Waals surface area contributed by atoms with Crippen molar-refractivity contribution >= 4 is 17.4 Å². The van der Waals surface area contributed by atoms with Crippen molar-refractivity contribution in [2.75, 3.05) is 4.90 Å². The van der Waals surface area contributed by atoms with Gasteiger partial charge in [0.05, 0.1) is 6.04 Å². The molecule has 1 atom stereocenters. The molecule has 2 aromatic carbocycles. The van der Waals surface area contributed by atoms with Crippen molar-refractivity contribution in [3.8, 4) is 0 Å². The van der Waals surface area contributed by atoms with Gasteiger partial charge in [0.2, 0.25) is 0 Å². The molecule has 1 amide bonds. The zero-order chi connectivity index (χ0) is 19.7. The highest BCUT2D eigenvalue weighted by Crippen LogP contribution is 2.46. The Balaban J connectivity index is 1.78. The maximum Gasteiger partial charge on any atom is 0.412 e. The van der Waals surface area contributed by atoms with E-state index in [0.29, 0.717) is 23.9 Å². The van der Waals surface area contributed by atoms with Crippen molar-refractivity contribution in [2.24, 2.45) is 11.8 Å². The lowest BCUT2D eigenvalue weighted by Gasteiger charge is -2.32. The van der Waals surface area contributed by atoms with Gasteiger partial charge in [-0.25, -0.2) is 4.79 Å². The highest BCUT2D eigenvalue weighted by molar-refractivity contribution is 5.87. The molecule has 0 radical (unpaired) electrons. The van der Waals surface area contributed by atoms with Crippen LogP contribution in [0.25, 0.3) is 5.57 Å². The molecule has 2 fully saturated rings. The number of hydrogen-bond acceptors (Lipinski definition) is 1. The molecule has 2 aliphatic rings. The summed E-state index contributed by atoms with van der Waals surface area (Å²) in [5.74, 6) is 1.07. The third kappa shape index (κ3) is 3.89. The fourth-order valence-corrected chi connectivity index (χ4v) is 3.99. The number of nitrogens with zero attached hydrogens (tertiary/aromatic N) is 1. The molecule has 1 N–H and O–H groups in total. The number of para-hydroxylation sites is 1. The van der Waals surface area contributed by atoms with Gasteiger partial charge in [0.1, 0.15) is 0 Å². The molecule has 3 heteroatoms. The van der Waals surface area contributed by atoms with Gasteiger partial charge in [-0.15, -0.1) is 0 Å². The Morgan fingerprint density at radius 3 is 2.18 bits per heavy atom. The summed E-state index contributed by atoms with van der Waals surface area (Å²) in [4.78, 5) is 13.9. The van der Waals surface area contributed by atoms with Crippen LogP contribution < -0.4 is 4.90 Å². The van der Waals surface area contributed by atoms with Crippen LogP contribution in [0.15, 0.2) is 73.3 Å². The van der Waals surface area contributed by atoms with Crippen LogP contribution in [0.5, 0.6) is 0 Å². The summed E-state index contributed by atoms with van der Waals surface area (Å²) in [5.41, 5.74) is 5.11. The van der Waals surface area contributed by atoms with Crippen LogP contribution in [-0.4, -0.2) is 11.2 Å². The van der Waals surface area contributed by atoms with Crippen molar-refractivity contribution in [3.05, 3.63) is 84.5 Å². The van der Waals surface area contributed by atoms with Gasteiger partial charge in [-0.05, 0) is 72.8 Å². The van der Waals surface area contributed by atoms with Crippen molar-refractivity contribution in [1.82, 2.24) is 0 Å². The number of rotatable bonds is 8. The smallest absolute Gasteiger partial charge is 0.412 e. The molecular formula is C25H27NO2. The molecule has 2 aromatic rings. The Bertz CT molecular complexity index is 894. The number of carboxylic acid groups (broad SMARTS) is 1. The van der Waals surface area contributed by atoms with Gasteiger partial charge in [0.25, 0.3) is 0 Å². The van der Waals surface area contributed by atoms with Crippen molar-refractivity contribution < 1.29 is 9.90 Å². The summed E-state index contributed by atoms with van der Waals surface area (Å²) < 4.78 is 0. The fourth-order valence-electron chi connectivity index (χ4n) is 3.99. The van der Waals surface area contributed by atoms with E-state index in [9.17, 15) is 9.90 Å². The number of carbonyl (C=O) groups is 1. The Morgan fingerprint density at radius 2 is 1.57 bits per heavy atom. The van der Waals surface area contributed by atoms with Crippen LogP contribution in [0.2, 0.25) is 0 Å². The minimum absolute atomic E-state index is 0.306. The predicted octanol–water partition coefficient (Wildman–Crippen LogP) is 6.69. The van der Waals surface area contributed by atoms with Crippen molar-refractivity contribution in [3.63, 3.8) is 0 Å². The number of hydrogen-bond donors (Lipinski definition) is 1. The van der Waals surface area contributed by atoms with Crippen LogP contribution in [-0.2, 0) is 0 Å². The lowest BCUT2D eigenvalue weighted by molar-refractivity contribution is 0.199. The zero-order valence-corrected chi connectivity index (χ0v) is 16.2. The maximum absolute atomic E-state index is 12.4. The third-order valence-electron chi connectivity index (χ3n) is 5.90. The molecule has 4 rings (SSSR count). The van der Waals surface area contributed by atoms with E-state index in [-0.39, 0.29) is 6.04 Å². The van der Waals surface area contributed by atoms with E-state index in [4.69, 9.17) is 0 Å². The van der Waals surface area contributed by atoms with Crippen LogP contribution >= 0.6 is 0 Å². The SMILES string of the molecule is C=C(C[C@H](c1ccccc1C(=C)C1CC1)N(C(=O)O)c1ccccc1)C1CC1. The average molecular weight is 373 g/mol. The molecule has 2 aliphatic carbocycles. The largest absolute Gasteiger partial charge is 0.465 e. The molecule has 0 unspecified atom stereocenters. The molecule has 28 heavy (non-hydrogen) atoms. The standard InChI is InChI=1S/C25H27NO2/c1-17(19-12-13-19)16-24(26(25(27)28)21-8-4-3-5-9-21)23-11-7-6-10-22(23)18(2)20-14-15-20/h3-11,19-20,24H,1-2,12-16H2,(H,27,28)/t24-/m1/s1. The molecule has 2 saturated carbocycles. The van der Waals surface area contributed by atoms with Crippen molar-refractivity contribution in [2.45, 2.75) is 38.1 Å². The van der Waals surface area contributed by atoms with E-state index in [1.165, 1.54) is 30.6 Å². The second kappa shape index (κ2) is 7.67. The minimum Gasteiger partial charge on any atom is -0.465 e. The molecule has 0 aromatic heterocycles. The van der Waals surface area contributed by atoms with Gasteiger partial charge < -0.3 is 5.11 Å². The highest BCUT2D eigenvalue weighted by atomic mass is 16.4. The quantitative estimate of drug-likeness (QED) is 0.524. The fraction of sp³-hybridized carbons (Fsp3) is 0.320. The molecular weight excluding hydrogens is 346 g/mol. The normalized spacial score (nSPS) is 17.0. The van der Waals surface area contributed by atoms with E-state index in [0.717, 1.165) is 22.3 Å². The second-order valence-corrected chi connectivity index (χ2v) is 8.03. The molecule has 0 spiro atoms. The first-order valence-electron chi connectivity index (χ1n) is 10.1. The predicted molar refractivity (Wildman–Crippen MR) is 114 cm³/mol. The summed E-state index contributed by atoms with van der Waals surface area (Å²) in [6, 6.07) is 17.3. The minimum atomic E-state index is -0.938. The van der Waals surface area contributed by atoms with Crippen LogP contribution in [0.3, 0.4) is 0 Å². The Morgan fingerprint density at radius 1 is 0.964 bits per heavy atom. The van der Waals surface area contributed by atoms with E-state index < -0.39 is 6.09 Å². The Labute approximate surface area is 167 Å². The second-order valence-electron chi connectivity index (χ2n) is 8.03. The highest BCUT2D eigenvalue weighted by Gasteiger charge is 2.34. The van der Waals surface area contributed by atoms with Gasteiger partial charge in [-0.3, -0.25) is 4.90 Å². The first-order chi connectivity index (χ1) is 13.6. The van der Waals surface area contributed by atoms with E-state index in [1.807, 2.05) is 42.5 Å². The molecule has 0 aliphatic heterocycles. The Hall–Kier alpha value is -2.81. The van der Waals surface area contributed by atoms with Crippen LogP contribution in [0.1, 0.15) is 49.3 Å². The zero-order valence-electron chi connectivity index (χ0n) is 16.2. The number of allylic oxidation sites excluding steroid dienone is 1. The van der Waals surface area contributed by atoms with Gasteiger partial charge in [-0.1, -0.05) is 61.2 Å². The number of amides is 1. The van der Waals surface area contributed by atoms with Gasteiger partial charge in [-0.2, -0.15) is 0 Å². The van der Waals surface area contributed by atoms with Crippen LogP contribution in [0, 0.1) is 11.8 Å². The molecule has 0 bridgehead atoms. The summed E-state index contributed by atoms with van der Waals surface area (Å²) >= 11 is 0. The first kappa shape index (κ1) is 18.5. The lowest BCUT2D eigenvalue weighted by Crippen LogP contribution is -2.34. The molecule has 144 valence electrons. The molecule has 0 heterocycles. The van der Waals surface area contributed by atoms with Gasteiger partial charge in [0, 0.05) is 5.69 Å². The average Bonchev–Trinajstić information content (AvgIpc) is 3.59. The summed E-state index contributed by atoms with van der Waals surface area (Å²) in [5, 5.41) is 10.2. The first-order valence-corrected chi connectivity index (χ1v) is 10.1. The van der Waals surface area contributed by atoms with E-state index in [2.05, 4.69) is 25.3 Å². The maximum atomic E-state index is 12.4. The summed E-state index contributed by atoms with van der Waals surface area (Å²) in [7, 11) is 0. The van der Waals surface area contributed by atoms with Crippen molar-refractivity contribution in [1.29, 1.82) is 0 Å². The number of anilines is 1. The van der Waals surface area contributed by atoms with Gasteiger partial charge in [0.15, 0.2) is 0 Å². The monoisotopic (exact) mass is 373 g/mol. The third-order valence-corrected chi connectivity index (χ3v) is 5.90. The number of benzene rings is 2. The van der Waals surface area contributed by atoms with E-state index in [1.54, 1.807) is 0 Å². The van der Waals surface area contributed by atoms with E-state index >= 15 is 0 Å². The Kier molecular flexibility index (Phi) is 5.08. The lowest BCUT2D eigenvalue weighted by atomic mass is 9.88. The summed E-state index contributed by atoms with van der Waals surface area (Å²) in [6.07, 6.45) is 4.38. The van der Waals surface area contributed by atoms with Crippen LogP contribution in [0.4, 0.5) is 10.5 Å².